The molecule has 0 radical (unpaired) electrons. The Morgan fingerprint density at radius 2 is 1.58 bits per heavy atom. The summed E-state index contributed by atoms with van der Waals surface area (Å²) in [5, 5.41) is 13.8. The first-order valence-corrected chi connectivity index (χ1v) is 7.95. The van der Waals surface area contributed by atoms with Gasteiger partial charge in [-0.15, -0.1) is 0 Å². The minimum atomic E-state index is -0.544. The zero-order chi connectivity index (χ0) is 18.4. The van der Waals surface area contributed by atoms with Crippen molar-refractivity contribution in [1.29, 1.82) is 0 Å². The van der Waals surface area contributed by atoms with Crippen molar-refractivity contribution in [3.8, 4) is 16.9 Å². The number of rotatable bonds is 6. The Bertz CT molecular complexity index is 926. The molecule has 0 spiro atoms. The number of nitrogens with zero attached hydrogens (tertiary/aromatic N) is 1. The second-order valence-electron chi connectivity index (χ2n) is 5.47. The third kappa shape index (κ3) is 4.05. The highest BCUT2D eigenvalue weighted by Crippen LogP contribution is 2.28. The second-order valence-corrected chi connectivity index (χ2v) is 5.47. The molecule has 1 amide bonds. The summed E-state index contributed by atoms with van der Waals surface area (Å²) in [6, 6.07) is 23.0. The van der Waals surface area contributed by atoms with Crippen LogP contribution in [0.5, 0.6) is 5.75 Å². The van der Waals surface area contributed by atoms with Gasteiger partial charge in [-0.3, -0.25) is 14.9 Å². The molecule has 0 bridgehead atoms. The number of ether oxygens (including phenoxy) is 1. The zero-order valence-corrected chi connectivity index (χ0v) is 13.8. The zero-order valence-electron chi connectivity index (χ0n) is 13.8. The Kier molecular flexibility index (Phi) is 5.24. The number of carbonyl (C=O) groups is 1. The number of carbonyl (C=O) groups excluding carboxylic acids is 1. The van der Waals surface area contributed by atoms with Crippen LogP contribution in [0.3, 0.4) is 0 Å². The van der Waals surface area contributed by atoms with Crippen LogP contribution in [0, 0.1) is 10.1 Å². The van der Waals surface area contributed by atoms with Crippen molar-refractivity contribution in [2.75, 3.05) is 11.9 Å². The summed E-state index contributed by atoms with van der Waals surface area (Å²) >= 11 is 0. The van der Waals surface area contributed by atoms with Crippen molar-refractivity contribution in [3.63, 3.8) is 0 Å². The average Bonchev–Trinajstić information content (AvgIpc) is 2.67. The molecule has 0 aliphatic heterocycles. The standard InChI is InChI=1S/C20H16N2O4/c23-20(14-26-19-13-7-6-12-18(19)22(24)25)21-17-11-5-4-10-16(17)15-8-2-1-3-9-15/h1-13H,14H2,(H,21,23). The van der Waals surface area contributed by atoms with Gasteiger partial charge in [-0.25, -0.2) is 0 Å². The quantitative estimate of drug-likeness (QED) is 0.532. The first-order valence-electron chi connectivity index (χ1n) is 7.95. The summed E-state index contributed by atoms with van der Waals surface area (Å²) in [5.74, 6) is -0.337. The highest BCUT2D eigenvalue weighted by Gasteiger charge is 2.15. The molecule has 3 aromatic rings. The van der Waals surface area contributed by atoms with E-state index >= 15 is 0 Å². The largest absolute Gasteiger partial charge is 0.477 e. The maximum atomic E-state index is 12.2. The van der Waals surface area contributed by atoms with E-state index in [9.17, 15) is 14.9 Å². The molecular formula is C20H16N2O4. The molecule has 0 saturated carbocycles. The maximum Gasteiger partial charge on any atom is 0.310 e. The molecule has 6 nitrogen and oxygen atoms in total. The van der Waals surface area contributed by atoms with E-state index in [0.717, 1.165) is 11.1 Å². The highest BCUT2D eigenvalue weighted by atomic mass is 16.6. The lowest BCUT2D eigenvalue weighted by atomic mass is 10.0. The minimum Gasteiger partial charge on any atom is -0.477 e. The van der Waals surface area contributed by atoms with Crippen molar-refractivity contribution in [2.24, 2.45) is 0 Å². The van der Waals surface area contributed by atoms with Crippen LogP contribution < -0.4 is 10.1 Å². The molecule has 0 aliphatic carbocycles. The number of amides is 1. The molecule has 0 atom stereocenters. The normalized spacial score (nSPS) is 10.2. The molecule has 0 aromatic heterocycles. The number of hydrogen-bond acceptors (Lipinski definition) is 4. The lowest BCUT2D eigenvalue weighted by molar-refractivity contribution is -0.385. The number of benzene rings is 3. The van der Waals surface area contributed by atoms with Crippen LogP contribution in [0.4, 0.5) is 11.4 Å². The summed E-state index contributed by atoms with van der Waals surface area (Å²) in [4.78, 5) is 22.7. The summed E-state index contributed by atoms with van der Waals surface area (Å²) in [7, 11) is 0. The summed E-state index contributed by atoms with van der Waals surface area (Å²) in [5.41, 5.74) is 2.33. The second kappa shape index (κ2) is 7.94. The van der Waals surface area contributed by atoms with Crippen molar-refractivity contribution >= 4 is 17.3 Å². The van der Waals surface area contributed by atoms with Crippen LogP contribution in [0.1, 0.15) is 0 Å². The maximum absolute atomic E-state index is 12.2. The third-order valence-corrected chi connectivity index (χ3v) is 3.71. The van der Waals surface area contributed by atoms with E-state index in [1.807, 2.05) is 48.5 Å². The van der Waals surface area contributed by atoms with Gasteiger partial charge in [-0.05, 0) is 17.7 Å². The molecule has 26 heavy (non-hydrogen) atoms. The van der Waals surface area contributed by atoms with Crippen LogP contribution in [0.2, 0.25) is 0 Å². The minimum absolute atomic E-state index is 0.0593. The molecular weight excluding hydrogens is 332 g/mol. The first kappa shape index (κ1) is 17.2. The van der Waals surface area contributed by atoms with Crippen LogP contribution in [-0.4, -0.2) is 17.4 Å². The van der Waals surface area contributed by atoms with Crippen LogP contribution in [0.15, 0.2) is 78.9 Å². The van der Waals surface area contributed by atoms with Crippen molar-refractivity contribution in [1.82, 2.24) is 0 Å². The van der Waals surface area contributed by atoms with E-state index in [0.29, 0.717) is 5.69 Å². The van der Waals surface area contributed by atoms with Crippen LogP contribution in [0.25, 0.3) is 11.1 Å². The lowest BCUT2D eigenvalue weighted by Crippen LogP contribution is -2.20. The van der Waals surface area contributed by atoms with Gasteiger partial charge >= 0.3 is 5.69 Å². The number of para-hydroxylation sites is 3. The van der Waals surface area contributed by atoms with E-state index < -0.39 is 10.8 Å². The van der Waals surface area contributed by atoms with Gasteiger partial charge < -0.3 is 10.1 Å². The number of hydrogen-bond donors (Lipinski definition) is 1. The van der Waals surface area contributed by atoms with E-state index in [-0.39, 0.29) is 18.0 Å². The molecule has 0 unspecified atom stereocenters. The van der Waals surface area contributed by atoms with Gasteiger partial charge in [0.05, 0.1) is 4.92 Å². The van der Waals surface area contributed by atoms with Gasteiger partial charge in [0.1, 0.15) is 0 Å². The van der Waals surface area contributed by atoms with E-state index in [4.69, 9.17) is 4.74 Å². The van der Waals surface area contributed by atoms with Gasteiger partial charge in [0.25, 0.3) is 5.91 Å². The van der Waals surface area contributed by atoms with Gasteiger partial charge in [-0.1, -0.05) is 60.7 Å². The molecule has 0 saturated heterocycles. The number of nitro benzene ring substituents is 1. The Morgan fingerprint density at radius 1 is 0.923 bits per heavy atom. The van der Waals surface area contributed by atoms with Gasteiger partial charge in [0.2, 0.25) is 0 Å². The van der Waals surface area contributed by atoms with E-state index in [2.05, 4.69) is 5.32 Å². The van der Waals surface area contributed by atoms with Gasteiger partial charge in [0.15, 0.2) is 12.4 Å². The summed E-state index contributed by atoms with van der Waals surface area (Å²) < 4.78 is 5.32. The molecule has 130 valence electrons. The molecule has 3 rings (SSSR count). The highest BCUT2D eigenvalue weighted by molar-refractivity contribution is 5.96. The smallest absolute Gasteiger partial charge is 0.310 e. The topological polar surface area (TPSA) is 81.5 Å². The molecule has 3 aromatic carbocycles. The van der Waals surface area contributed by atoms with Crippen molar-refractivity contribution in [2.45, 2.75) is 0 Å². The molecule has 1 N–H and O–H groups in total. The number of nitrogens with one attached hydrogen (secondary N) is 1. The first-order chi connectivity index (χ1) is 12.6. The van der Waals surface area contributed by atoms with Crippen LogP contribution >= 0.6 is 0 Å². The third-order valence-electron chi connectivity index (χ3n) is 3.71. The fourth-order valence-electron chi connectivity index (χ4n) is 2.52. The van der Waals surface area contributed by atoms with Gasteiger partial charge in [-0.2, -0.15) is 0 Å². The van der Waals surface area contributed by atoms with Crippen molar-refractivity contribution in [3.05, 3.63) is 89.0 Å². The van der Waals surface area contributed by atoms with Crippen LogP contribution in [-0.2, 0) is 4.79 Å². The number of nitro groups is 1. The predicted octanol–water partition coefficient (Wildman–Crippen LogP) is 4.28. The average molecular weight is 348 g/mol. The SMILES string of the molecule is O=C(COc1ccccc1[N+](=O)[O-])Nc1ccccc1-c1ccccc1. The molecule has 0 aliphatic rings. The Balaban J connectivity index is 1.71. The Labute approximate surface area is 150 Å². The summed E-state index contributed by atoms with van der Waals surface area (Å²) in [6.07, 6.45) is 0. The Morgan fingerprint density at radius 3 is 2.35 bits per heavy atom. The number of anilines is 1. The van der Waals surface area contributed by atoms with Crippen molar-refractivity contribution < 1.29 is 14.5 Å². The van der Waals surface area contributed by atoms with E-state index in [1.165, 1.54) is 12.1 Å². The van der Waals surface area contributed by atoms with Gasteiger partial charge in [0, 0.05) is 17.3 Å². The fraction of sp³-hybridized carbons (Fsp3) is 0.0500. The lowest BCUT2D eigenvalue weighted by Gasteiger charge is -2.12. The molecule has 0 heterocycles. The predicted molar refractivity (Wildman–Crippen MR) is 99.1 cm³/mol. The monoisotopic (exact) mass is 348 g/mol. The summed E-state index contributed by atoms with van der Waals surface area (Å²) in [6.45, 7) is -0.325. The van der Waals surface area contributed by atoms with E-state index in [1.54, 1.807) is 18.2 Å². The molecule has 6 heteroatoms. The molecule has 0 fully saturated rings. The Hall–Kier alpha value is -3.67. The fourth-order valence-corrected chi connectivity index (χ4v) is 2.52.